The lowest BCUT2D eigenvalue weighted by molar-refractivity contribution is 0.122. The number of nitrogens with one attached hydrogen (secondary N) is 1. The summed E-state index contributed by atoms with van der Waals surface area (Å²) in [5.41, 5.74) is 3.52. The summed E-state index contributed by atoms with van der Waals surface area (Å²) in [6.45, 7) is 2.26. The second-order valence-corrected chi connectivity index (χ2v) is 7.49. The van der Waals surface area contributed by atoms with Crippen molar-refractivity contribution in [2.24, 2.45) is 5.10 Å². The first kappa shape index (κ1) is 18.5. The second kappa shape index (κ2) is 8.40. The maximum Gasteiger partial charge on any atom is 0.245 e. The van der Waals surface area contributed by atoms with Crippen molar-refractivity contribution in [2.75, 3.05) is 36.6 Å². The smallest absolute Gasteiger partial charge is 0.245 e. The lowest BCUT2D eigenvalue weighted by atomic mass is 10.2. The van der Waals surface area contributed by atoms with Gasteiger partial charge in [-0.05, 0) is 62.9 Å². The highest BCUT2D eigenvalue weighted by molar-refractivity contribution is 14.1. The summed E-state index contributed by atoms with van der Waals surface area (Å²) in [4.78, 5) is 9.91. The van der Waals surface area contributed by atoms with Crippen molar-refractivity contribution in [3.05, 3.63) is 36.9 Å². The number of ether oxygens (including phenoxy) is 1. The predicted octanol–water partition coefficient (Wildman–Crippen LogP) is 2.81. The Bertz CT molecular complexity index is 776. The summed E-state index contributed by atoms with van der Waals surface area (Å²) < 4.78 is 20.7. The average Bonchev–Trinajstić information content (AvgIpc) is 2.62. The first-order valence-corrected chi connectivity index (χ1v) is 9.52. The van der Waals surface area contributed by atoms with E-state index in [0.29, 0.717) is 26.3 Å². The van der Waals surface area contributed by atoms with Crippen molar-refractivity contribution in [1.82, 2.24) is 9.97 Å². The van der Waals surface area contributed by atoms with E-state index in [1.807, 2.05) is 4.90 Å². The monoisotopic (exact) mass is 569 g/mol. The van der Waals surface area contributed by atoms with Crippen LogP contribution < -0.4 is 10.3 Å². The molecule has 25 heavy (non-hydrogen) atoms. The van der Waals surface area contributed by atoms with Crippen LogP contribution in [0.5, 0.6) is 5.75 Å². The fourth-order valence-corrected chi connectivity index (χ4v) is 4.05. The van der Waals surface area contributed by atoms with E-state index in [-0.39, 0.29) is 17.5 Å². The molecule has 132 valence electrons. The Labute approximate surface area is 171 Å². The number of aromatic hydroxyl groups is 1. The Balaban J connectivity index is 1.73. The van der Waals surface area contributed by atoms with E-state index in [9.17, 15) is 9.50 Å². The van der Waals surface area contributed by atoms with Crippen molar-refractivity contribution >= 4 is 63.2 Å². The predicted molar refractivity (Wildman–Crippen MR) is 110 cm³/mol. The molecule has 0 atom stereocenters. The number of hydrogen-bond acceptors (Lipinski definition) is 7. The molecule has 10 heteroatoms. The van der Waals surface area contributed by atoms with Crippen LogP contribution in [0.2, 0.25) is 0 Å². The molecule has 0 saturated carbocycles. The Kier molecular flexibility index (Phi) is 6.22. The van der Waals surface area contributed by atoms with Crippen LogP contribution in [0.3, 0.4) is 0 Å². The van der Waals surface area contributed by atoms with Crippen LogP contribution in [-0.4, -0.2) is 47.6 Å². The third-order valence-electron chi connectivity index (χ3n) is 3.45. The van der Waals surface area contributed by atoms with E-state index < -0.39 is 5.82 Å². The fourth-order valence-electron chi connectivity index (χ4n) is 2.23. The van der Waals surface area contributed by atoms with Crippen LogP contribution in [-0.2, 0) is 4.74 Å². The van der Waals surface area contributed by atoms with Crippen LogP contribution in [0, 0.1) is 13.0 Å². The largest absolute Gasteiger partial charge is 0.506 e. The SMILES string of the molecule is Oc1c(I)cc(C=NNc2ncc(F)c(N3CCOCC3)n2)cc1I. The van der Waals surface area contributed by atoms with Gasteiger partial charge in [0.05, 0.1) is 32.8 Å². The van der Waals surface area contributed by atoms with Crippen molar-refractivity contribution in [2.45, 2.75) is 0 Å². The first-order valence-electron chi connectivity index (χ1n) is 7.37. The molecule has 0 unspecified atom stereocenters. The van der Waals surface area contributed by atoms with Gasteiger partial charge in [-0.1, -0.05) is 0 Å². The van der Waals surface area contributed by atoms with E-state index in [1.54, 1.807) is 18.3 Å². The molecule has 0 amide bonds. The molecule has 1 aromatic carbocycles. The molecule has 1 fully saturated rings. The second-order valence-electron chi connectivity index (χ2n) is 5.17. The molecular weight excluding hydrogens is 555 g/mol. The van der Waals surface area contributed by atoms with Crippen LogP contribution in [0.25, 0.3) is 0 Å². The lowest BCUT2D eigenvalue weighted by Gasteiger charge is -2.27. The molecule has 0 spiro atoms. The molecule has 1 aliphatic heterocycles. The number of aromatic nitrogens is 2. The molecule has 2 heterocycles. The fraction of sp³-hybridized carbons (Fsp3) is 0.267. The molecule has 1 aromatic heterocycles. The van der Waals surface area contributed by atoms with Gasteiger partial charge < -0.3 is 14.7 Å². The number of phenolic OH excluding ortho intramolecular Hbond substituents is 1. The van der Waals surface area contributed by atoms with Gasteiger partial charge in [0.2, 0.25) is 5.95 Å². The van der Waals surface area contributed by atoms with E-state index in [0.717, 1.165) is 18.9 Å². The number of hydrogen-bond donors (Lipinski definition) is 2. The maximum absolute atomic E-state index is 14.0. The van der Waals surface area contributed by atoms with E-state index >= 15 is 0 Å². The van der Waals surface area contributed by atoms with Gasteiger partial charge in [-0.25, -0.2) is 14.8 Å². The van der Waals surface area contributed by atoms with Gasteiger partial charge in [0, 0.05) is 13.1 Å². The highest BCUT2D eigenvalue weighted by Crippen LogP contribution is 2.26. The number of hydrazone groups is 1. The first-order chi connectivity index (χ1) is 12.0. The Morgan fingerprint density at radius 3 is 2.64 bits per heavy atom. The van der Waals surface area contributed by atoms with E-state index in [4.69, 9.17) is 4.74 Å². The third kappa shape index (κ3) is 4.67. The zero-order valence-electron chi connectivity index (χ0n) is 12.9. The highest BCUT2D eigenvalue weighted by Gasteiger charge is 2.17. The van der Waals surface area contributed by atoms with Crippen LogP contribution in [0.4, 0.5) is 16.2 Å². The quantitative estimate of drug-likeness (QED) is 0.335. The van der Waals surface area contributed by atoms with Crippen molar-refractivity contribution < 1.29 is 14.2 Å². The lowest BCUT2D eigenvalue weighted by Crippen LogP contribution is -2.37. The summed E-state index contributed by atoms with van der Waals surface area (Å²) in [7, 11) is 0. The minimum atomic E-state index is -0.473. The van der Waals surface area contributed by atoms with Gasteiger partial charge in [-0.15, -0.1) is 0 Å². The Morgan fingerprint density at radius 1 is 1.28 bits per heavy atom. The van der Waals surface area contributed by atoms with Gasteiger partial charge in [0.25, 0.3) is 0 Å². The van der Waals surface area contributed by atoms with Crippen molar-refractivity contribution in [1.29, 1.82) is 0 Å². The molecule has 0 radical (unpaired) electrons. The number of halogens is 3. The third-order valence-corrected chi connectivity index (χ3v) is 5.10. The molecule has 2 aromatic rings. The molecule has 1 saturated heterocycles. The molecule has 7 nitrogen and oxygen atoms in total. The molecule has 0 bridgehead atoms. The van der Waals surface area contributed by atoms with Crippen LogP contribution >= 0.6 is 45.2 Å². The minimum absolute atomic E-state index is 0.210. The molecular formula is C15H14FI2N5O2. The van der Waals surface area contributed by atoms with E-state index in [1.165, 1.54) is 0 Å². The number of phenols is 1. The molecule has 2 N–H and O–H groups in total. The summed E-state index contributed by atoms with van der Waals surface area (Å²) in [5, 5.41) is 13.9. The van der Waals surface area contributed by atoms with Crippen molar-refractivity contribution in [3.63, 3.8) is 0 Å². The zero-order valence-corrected chi connectivity index (χ0v) is 17.2. The number of morpholine rings is 1. The highest BCUT2D eigenvalue weighted by atomic mass is 127. The van der Waals surface area contributed by atoms with Gasteiger partial charge in [0.15, 0.2) is 11.6 Å². The van der Waals surface area contributed by atoms with Crippen molar-refractivity contribution in [3.8, 4) is 5.75 Å². The number of anilines is 2. The van der Waals surface area contributed by atoms with Gasteiger partial charge >= 0.3 is 0 Å². The maximum atomic E-state index is 14.0. The van der Waals surface area contributed by atoms with Crippen LogP contribution in [0.1, 0.15) is 5.56 Å². The topological polar surface area (TPSA) is 82.9 Å². The number of nitrogens with zero attached hydrogens (tertiary/aromatic N) is 4. The van der Waals surface area contributed by atoms with Gasteiger partial charge in [-0.3, -0.25) is 0 Å². The Hall–Kier alpha value is -1.28. The average molecular weight is 569 g/mol. The summed E-state index contributed by atoms with van der Waals surface area (Å²) in [6.07, 6.45) is 2.72. The number of rotatable bonds is 4. The van der Waals surface area contributed by atoms with Gasteiger partial charge in [0.1, 0.15) is 5.75 Å². The van der Waals surface area contributed by atoms with E-state index in [2.05, 4.69) is 65.7 Å². The standard InChI is InChI=1S/C15H14FI2N5O2/c16-10-8-19-15(21-14(10)23-1-3-25-4-2-23)22-20-7-9-5-11(17)13(24)12(18)6-9/h5-8,24H,1-4H2,(H,19,21,22). The summed E-state index contributed by atoms with van der Waals surface area (Å²) >= 11 is 4.11. The zero-order chi connectivity index (χ0) is 17.8. The summed E-state index contributed by atoms with van der Waals surface area (Å²) in [5.74, 6) is 0.231. The molecule has 0 aliphatic carbocycles. The number of benzene rings is 1. The minimum Gasteiger partial charge on any atom is -0.506 e. The normalized spacial score (nSPS) is 14.9. The summed E-state index contributed by atoms with van der Waals surface area (Å²) in [6, 6.07) is 3.60. The molecule has 1 aliphatic rings. The Morgan fingerprint density at radius 2 is 1.96 bits per heavy atom. The van der Waals surface area contributed by atoms with Crippen LogP contribution in [0.15, 0.2) is 23.4 Å². The van der Waals surface area contributed by atoms with Gasteiger partial charge in [-0.2, -0.15) is 10.1 Å². The molecule has 3 rings (SSSR count).